The first-order chi connectivity index (χ1) is 52.1. The Bertz CT molecular complexity index is 2130. The number of aliphatic hydroxyl groups excluding tert-OH is 1. The zero-order valence-corrected chi connectivity index (χ0v) is 71.6. The monoisotopic (exact) mass is 1560 g/mol. The molecular formula is C88H168O17P2. The molecule has 3 unspecified atom stereocenters. The number of unbranched alkanes of at least 4 members (excludes halogenated alkanes) is 54. The van der Waals surface area contributed by atoms with Gasteiger partial charge in [0.25, 0.3) is 0 Å². The third-order valence-corrected chi connectivity index (χ3v) is 22.4. The fourth-order valence-corrected chi connectivity index (χ4v) is 14.8. The van der Waals surface area contributed by atoms with Crippen molar-refractivity contribution < 1.29 is 80.2 Å². The van der Waals surface area contributed by atoms with Crippen molar-refractivity contribution in [2.24, 2.45) is 5.92 Å². The van der Waals surface area contributed by atoms with Gasteiger partial charge < -0.3 is 33.8 Å². The molecule has 0 aliphatic heterocycles. The molecule has 0 aromatic rings. The molecule has 632 valence electrons. The standard InChI is InChI=1S/C88H168O17P2/c1-6-10-13-16-19-22-25-28-31-33-35-37-39-41-44-46-49-52-55-61-66-71-85(90)98-77-83(104-87(92)73-69-64-57-54-51-48-45-42-40-38-36-34-32-29-26-23-20-17-14-11-7-2)79-102-106(94,95)100-75-82(89)76-101-107(96,97)103-80-84(78-99-86(91)72-67-62-59-58-60-65-70-81(5)9-4)105-88(93)74-68-63-56-53-50-47-43-30-27-24-21-18-15-12-8-3/h24,27,30,43,81-84,89H,6-23,25-26,28-29,31-42,44-80H2,1-5H3,(H,94,95)(H,96,97)/b27-24-,43-30-/t81?,82-,83-,84-/m1/s1. The van der Waals surface area contributed by atoms with E-state index in [9.17, 15) is 43.2 Å². The first-order valence-electron chi connectivity index (χ1n) is 45.0. The second-order valence-corrected chi connectivity index (χ2v) is 34.1. The summed E-state index contributed by atoms with van der Waals surface area (Å²) in [6, 6.07) is 0. The molecule has 0 saturated heterocycles. The van der Waals surface area contributed by atoms with Crippen LogP contribution in [-0.2, 0) is 65.4 Å². The predicted molar refractivity (Wildman–Crippen MR) is 441 cm³/mol. The van der Waals surface area contributed by atoms with Gasteiger partial charge in [-0.25, -0.2) is 9.13 Å². The summed E-state index contributed by atoms with van der Waals surface area (Å²) < 4.78 is 68.9. The van der Waals surface area contributed by atoms with E-state index < -0.39 is 97.5 Å². The Labute approximate surface area is 656 Å². The highest BCUT2D eigenvalue weighted by Crippen LogP contribution is 2.45. The number of carbonyl (C=O) groups is 4. The van der Waals surface area contributed by atoms with Crippen molar-refractivity contribution >= 4 is 39.5 Å². The maximum absolute atomic E-state index is 13.2. The van der Waals surface area contributed by atoms with Crippen molar-refractivity contribution in [3.8, 4) is 0 Å². The summed E-state index contributed by atoms with van der Waals surface area (Å²) in [5, 5.41) is 10.7. The van der Waals surface area contributed by atoms with Gasteiger partial charge in [-0.15, -0.1) is 0 Å². The lowest BCUT2D eigenvalue weighted by Gasteiger charge is -2.21. The maximum atomic E-state index is 13.2. The van der Waals surface area contributed by atoms with Gasteiger partial charge in [0.2, 0.25) is 0 Å². The molecule has 0 heterocycles. The van der Waals surface area contributed by atoms with E-state index in [1.165, 1.54) is 257 Å². The second kappa shape index (κ2) is 80.2. The molecule has 0 spiro atoms. The van der Waals surface area contributed by atoms with Gasteiger partial charge in [0, 0.05) is 25.7 Å². The largest absolute Gasteiger partial charge is 0.472 e. The molecule has 0 aromatic carbocycles. The van der Waals surface area contributed by atoms with E-state index in [4.69, 9.17) is 37.0 Å². The molecule has 19 heteroatoms. The van der Waals surface area contributed by atoms with Crippen molar-refractivity contribution in [1.82, 2.24) is 0 Å². The zero-order chi connectivity index (χ0) is 78.3. The van der Waals surface area contributed by atoms with Crippen LogP contribution in [0.15, 0.2) is 24.3 Å². The normalized spacial score (nSPS) is 14.1. The van der Waals surface area contributed by atoms with Crippen LogP contribution in [0.5, 0.6) is 0 Å². The molecule has 6 atom stereocenters. The second-order valence-electron chi connectivity index (χ2n) is 31.2. The Kier molecular flexibility index (Phi) is 78.3. The molecule has 0 amide bonds. The predicted octanol–water partition coefficient (Wildman–Crippen LogP) is 26.7. The molecule has 0 aliphatic rings. The van der Waals surface area contributed by atoms with E-state index in [1.54, 1.807) is 0 Å². The summed E-state index contributed by atoms with van der Waals surface area (Å²) in [6.45, 7) is 7.25. The van der Waals surface area contributed by atoms with Crippen LogP contribution in [0.4, 0.5) is 0 Å². The molecule has 0 aromatic heterocycles. The summed E-state index contributed by atoms with van der Waals surface area (Å²) in [6.07, 6.45) is 77.4. The number of aliphatic hydroxyl groups is 1. The summed E-state index contributed by atoms with van der Waals surface area (Å²) in [4.78, 5) is 73.2. The molecule has 107 heavy (non-hydrogen) atoms. The molecule has 0 radical (unpaired) electrons. The highest BCUT2D eigenvalue weighted by molar-refractivity contribution is 7.47. The van der Waals surface area contributed by atoms with Crippen LogP contribution in [0.1, 0.15) is 452 Å². The van der Waals surface area contributed by atoms with Crippen LogP contribution in [-0.4, -0.2) is 96.7 Å². The van der Waals surface area contributed by atoms with Gasteiger partial charge in [-0.2, -0.15) is 0 Å². The zero-order valence-electron chi connectivity index (χ0n) is 69.8. The number of rotatable bonds is 86. The van der Waals surface area contributed by atoms with E-state index in [1.807, 2.05) is 0 Å². The number of hydrogen-bond acceptors (Lipinski definition) is 15. The fourth-order valence-electron chi connectivity index (χ4n) is 13.3. The fraction of sp³-hybridized carbons (Fsp3) is 0.909. The molecule has 17 nitrogen and oxygen atoms in total. The number of carbonyl (C=O) groups excluding carboxylic acids is 4. The van der Waals surface area contributed by atoms with Crippen LogP contribution in [0, 0.1) is 5.92 Å². The van der Waals surface area contributed by atoms with Crippen molar-refractivity contribution in [1.29, 1.82) is 0 Å². The number of phosphoric acid groups is 2. The number of ether oxygens (including phenoxy) is 4. The van der Waals surface area contributed by atoms with E-state index in [0.29, 0.717) is 25.7 Å². The minimum Gasteiger partial charge on any atom is -0.462 e. The highest BCUT2D eigenvalue weighted by atomic mass is 31.2. The van der Waals surface area contributed by atoms with Gasteiger partial charge in [-0.1, -0.05) is 399 Å². The quantitative estimate of drug-likeness (QED) is 0.0169. The summed E-state index contributed by atoms with van der Waals surface area (Å²) in [7, 11) is -9.94. The third kappa shape index (κ3) is 80.0. The third-order valence-electron chi connectivity index (χ3n) is 20.5. The Balaban J connectivity index is 5.24. The molecule has 0 fully saturated rings. The Hall–Kier alpha value is -2.46. The molecular weight excluding hydrogens is 1390 g/mol. The lowest BCUT2D eigenvalue weighted by molar-refractivity contribution is -0.161. The van der Waals surface area contributed by atoms with Gasteiger partial charge in [-0.05, 0) is 57.3 Å². The number of allylic oxidation sites excluding steroid dienone is 4. The first kappa shape index (κ1) is 105. The van der Waals surface area contributed by atoms with E-state index in [2.05, 4.69) is 58.9 Å². The smallest absolute Gasteiger partial charge is 0.462 e. The molecule has 3 N–H and O–H groups in total. The Morgan fingerprint density at radius 2 is 0.523 bits per heavy atom. The highest BCUT2D eigenvalue weighted by Gasteiger charge is 2.30. The average Bonchev–Trinajstić information content (AvgIpc) is 0.911. The average molecular weight is 1560 g/mol. The Morgan fingerprint density at radius 1 is 0.299 bits per heavy atom. The van der Waals surface area contributed by atoms with Crippen LogP contribution >= 0.6 is 15.6 Å². The Morgan fingerprint density at radius 3 is 0.794 bits per heavy atom. The van der Waals surface area contributed by atoms with Crippen LogP contribution in [0.3, 0.4) is 0 Å². The van der Waals surface area contributed by atoms with Crippen molar-refractivity contribution in [3.63, 3.8) is 0 Å². The lowest BCUT2D eigenvalue weighted by atomic mass is 10.00. The minimum atomic E-state index is -4.97. The van der Waals surface area contributed by atoms with E-state index >= 15 is 0 Å². The van der Waals surface area contributed by atoms with Gasteiger partial charge in [-0.3, -0.25) is 37.3 Å². The van der Waals surface area contributed by atoms with Crippen LogP contribution in [0.25, 0.3) is 0 Å². The minimum absolute atomic E-state index is 0.0847. The summed E-state index contributed by atoms with van der Waals surface area (Å²) in [5.41, 5.74) is 0. The van der Waals surface area contributed by atoms with E-state index in [0.717, 1.165) is 115 Å². The van der Waals surface area contributed by atoms with Crippen LogP contribution < -0.4 is 0 Å². The van der Waals surface area contributed by atoms with Gasteiger partial charge >= 0.3 is 39.5 Å². The van der Waals surface area contributed by atoms with Gasteiger partial charge in [0.15, 0.2) is 12.2 Å². The van der Waals surface area contributed by atoms with Gasteiger partial charge in [0.1, 0.15) is 19.3 Å². The molecule has 0 bridgehead atoms. The number of phosphoric ester groups is 2. The topological polar surface area (TPSA) is 237 Å². The maximum Gasteiger partial charge on any atom is 0.472 e. The molecule has 0 aliphatic carbocycles. The lowest BCUT2D eigenvalue weighted by Crippen LogP contribution is -2.30. The van der Waals surface area contributed by atoms with Crippen molar-refractivity contribution in [2.75, 3.05) is 39.6 Å². The number of esters is 4. The van der Waals surface area contributed by atoms with Crippen molar-refractivity contribution in [2.45, 2.75) is 470 Å². The SMILES string of the molecule is CCCCCC/C=C\C=C/CCCCCCCC(=O)O[C@H](COC(=O)CCCCCCCCC(C)CC)COP(=O)(O)OC[C@H](O)COP(=O)(O)OC[C@@H](COC(=O)CCCCCCCCCCCCCCCCCCCCCCC)OC(=O)CCCCCCCCCCCCCCCCCCCCCCC. The van der Waals surface area contributed by atoms with Gasteiger partial charge in [0.05, 0.1) is 26.4 Å². The van der Waals surface area contributed by atoms with Crippen LogP contribution in [0.2, 0.25) is 0 Å². The number of hydrogen-bond donors (Lipinski definition) is 3. The first-order valence-corrected chi connectivity index (χ1v) is 48.0. The summed E-state index contributed by atoms with van der Waals surface area (Å²) in [5.74, 6) is -1.40. The summed E-state index contributed by atoms with van der Waals surface area (Å²) >= 11 is 0. The van der Waals surface area contributed by atoms with Crippen molar-refractivity contribution in [3.05, 3.63) is 24.3 Å². The molecule has 0 saturated carbocycles. The molecule has 0 rings (SSSR count). The van der Waals surface area contributed by atoms with E-state index in [-0.39, 0.29) is 25.7 Å².